The molecule has 0 aliphatic heterocycles. The predicted octanol–water partition coefficient (Wildman–Crippen LogP) is 2.49. The molecule has 0 fully saturated rings. The van der Waals surface area contributed by atoms with E-state index in [2.05, 4.69) is 26.3 Å². The zero-order chi connectivity index (χ0) is 18.1. The Hall–Kier alpha value is -2.54. The molecule has 132 valence electrons. The molecule has 1 amide bonds. The van der Waals surface area contributed by atoms with Crippen LogP contribution in [-0.2, 0) is 11.2 Å². The van der Waals surface area contributed by atoms with Crippen molar-refractivity contribution in [3.8, 4) is 11.5 Å². The van der Waals surface area contributed by atoms with Crippen molar-refractivity contribution in [2.45, 2.75) is 6.42 Å². The number of carbonyl (C=O) groups is 1. The smallest absolute Gasteiger partial charge is 0.257 e. The lowest BCUT2D eigenvalue weighted by Gasteiger charge is -2.13. The van der Waals surface area contributed by atoms with Crippen LogP contribution in [0.3, 0.4) is 0 Å². The van der Waals surface area contributed by atoms with Crippen molar-refractivity contribution in [2.75, 3.05) is 20.3 Å². The first-order valence-corrected chi connectivity index (χ1v) is 8.47. The van der Waals surface area contributed by atoms with Gasteiger partial charge in [-0.2, -0.15) is 5.10 Å². The number of benzene rings is 2. The van der Waals surface area contributed by atoms with Crippen LogP contribution in [0, 0.1) is 0 Å². The van der Waals surface area contributed by atoms with Gasteiger partial charge in [0, 0.05) is 6.54 Å². The Morgan fingerprint density at radius 1 is 1.32 bits per heavy atom. The van der Waals surface area contributed by atoms with Gasteiger partial charge in [-0.3, -0.25) is 4.79 Å². The van der Waals surface area contributed by atoms with Gasteiger partial charge in [0.15, 0.2) is 18.1 Å². The fourth-order valence-corrected chi connectivity index (χ4v) is 2.79. The van der Waals surface area contributed by atoms with Gasteiger partial charge in [-0.05, 0) is 45.6 Å². The molecular weight excluding hydrogens is 386 g/mol. The number of hydrogen-bond donors (Lipinski definition) is 2. The highest BCUT2D eigenvalue weighted by Gasteiger charge is 2.13. The lowest BCUT2D eigenvalue weighted by atomic mass is 10.1. The van der Waals surface area contributed by atoms with Crippen molar-refractivity contribution in [3.05, 3.63) is 58.1 Å². The van der Waals surface area contributed by atoms with Gasteiger partial charge in [-0.25, -0.2) is 0 Å². The van der Waals surface area contributed by atoms with Crippen LogP contribution in [0.2, 0.25) is 0 Å². The van der Waals surface area contributed by atoms with Crippen LogP contribution in [0.5, 0.6) is 11.5 Å². The second kappa shape index (κ2) is 9.68. The summed E-state index contributed by atoms with van der Waals surface area (Å²) in [5.74, 6) is 5.90. The van der Waals surface area contributed by atoms with Crippen molar-refractivity contribution in [1.29, 1.82) is 0 Å². The van der Waals surface area contributed by atoms with Gasteiger partial charge in [-0.1, -0.05) is 30.3 Å². The van der Waals surface area contributed by atoms with E-state index in [4.69, 9.17) is 15.3 Å². The van der Waals surface area contributed by atoms with Crippen LogP contribution in [0.4, 0.5) is 0 Å². The second-order valence-corrected chi connectivity index (χ2v) is 6.04. The molecule has 0 saturated heterocycles. The first-order valence-electron chi connectivity index (χ1n) is 7.68. The Labute approximate surface area is 155 Å². The molecule has 6 nitrogen and oxygen atoms in total. The molecule has 0 unspecified atom stereocenters. The average molecular weight is 406 g/mol. The average Bonchev–Trinajstić information content (AvgIpc) is 2.61. The van der Waals surface area contributed by atoms with Crippen molar-refractivity contribution in [2.24, 2.45) is 10.9 Å². The number of hydrazone groups is 1. The molecule has 0 heterocycles. The summed E-state index contributed by atoms with van der Waals surface area (Å²) in [6, 6.07) is 13.5. The zero-order valence-electron chi connectivity index (χ0n) is 13.9. The van der Waals surface area contributed by atoms with Gasteiger partial charge >= 0.3 is 0 Å². The van der Waals surface area contributed by atoms with Gasteiger partial charge in [-0.15, -0.1) is 0 Å². The van der Waals surface area contributed by atoms with E-state index in [1.165, 1.54) is 18.9 Å². The number of carbonyl (C=O) groups excluding carboxylic acids is 1. The van der Waals surface area contributed by atoms with Gasteiger partial charge in [0.05, 0.1) is 17.8 Å². The molecular formula is C18H20BrN3O3. The first-order chi connectivity index (χ1) is 12.1. The van der Waals surface area contributed by atoms with E-state index in [0.717, 1.165) is 12.0 Å². The third-order valence-corrected chi connectivity index (χ3v) is 3.99. The highest BCUT2D eigenvalue weighted by Crippen LogP contribution is 2.36. The molecule has 0 atom stereocenters. The molecule has 0 spiro atoms. The fourth-order valence-electron chi connectivity index (χ4n) is 2.22. The molecule has 0 aromatic heterocycles. The minimum absolute atomic E-state index is 0.103. The number of methoxy groups -OCH3 is 1. The summed E-state index contributed by atoms with van der Waals surface area (Å²) in [5, 5.41) is 6.31. The van der Waals surface area contributed by atoms with E-state index in [1.54, 1.807) is 12.1 Å². The lowest BCUT2D eigenvalue weighted by Crippen LogP contribution is -2.30. The maximum absolute atomic E-state index is 12.0. The summed E-state index contributed by atoms with van der Waals surface area (Å²) in [5.41, 5.74) is 1.93. The summed E-state index contributed by atoms with van der Waals surface area (Å²) in [6.07, 6.45) is 2.26. The molecule has 0 radical (unpaired) electrons. The highest BCUT2D eigenvalue weighted by atomic mass is 79.9. The van der Waals surface area contributed by atoms with Crippen LogP contribution in [0.1, 0.15) is 11.1 Å². The Morgan fingerprint density at radius 2 is 2.08 bits per heavy atom. The number of nitrogens with one attached hydrogen (secondary N) is 1. The summed E-state index contributed by atoms with van der Waals surface area (Å²) < 4.78 is 11.5. The number of ether oxygens (including phenoxy) is 2. The second-order valence-electron chi connectivity index (χ2n) is 5.19. The van der Waals surface area contributed by atoms with E-state index in [9.17, 15) is 4.79 Å². The van der Waals surface area contributed by atoms with Crippen LogP contribution in [-0.4, -0.2) is 32.4 Å². The van der Waals surface area contributed by atoms with Crippen LogP contribution in [0.25, 0.3) is 0 Å². The van der Waals surface area contributed by atoms with E-state index < -0.39 is 0 Å². The minimum Gasteiger partial charge on any atom is -0.493 e. The third-order valence-electron chi connectivity index (χ3n) is 3.40. The molecule has 0 bridgehead atoms. The summed E-state index contributed by atoms with van der Waals surface area (Å²) in [6.45, 7) is 0.449. The molecule has 2 rings (SSSR count). The minimum atomic E-state index is -0.197. The maximum atomic E-state index is 12.0. The molecule has 7 heteroatoms. The molecule has 0 saturated carbocycles. The summed E-state index contributed by atoms with van der Waals surface area (Å²) in [7, 11) is 1.53. The molecule has 3 N–H and O–H groups in total. The number of nitrogens with two attached hydrogens (primary N) is 1. The van der Waals surface area contributed by atoms with E-state index >= 15 is 0 Å². The van der Waals surface area contributed by atoms with E-state index in [1.807, 2.05) is 30.3 Å². The molecule has 0 aliphatic carbocycles. The molecule has 0 aliphatic rings. The topological polar surface area (TPSA) is 85.9 Å². The fraction of sp³-hybridized carbons (Fsp3) is 0.222. The van der Waals surface area contributed by atoms with Crippen LogP contribution in [0.15, 0.2) is 52.0 Å². The Bertz CT molecular complexity index is 736. The summed E-state index contributed by atoms with van der Waals surface area (Å²) in [4.78, 5) is 12.0. The number of nitrogens with zero attached hydrogens (tertiary/aromatic N) is 1. The van der Waals surface area contributed by atoms with Crippen molar-refractivity contribution in [3.63, 3.8) is 0 Å². The normalized spacial score (nSPS) is 10.6. The lowest BCUT2D eigenvalue weighted by molar-refractivity contribution is -0.123. The van der Waals surface area contributed by atoms with Gasteiger partial charge in [0.1, 0.15) is 0 Å². The highest BCUT2D eigenvalue weighted by molar-refractivity contribution is 9.10. The Morgan fingerprint density at radius 3 is 2.76 bits per heavy atom. The van der Waals surface area contributed by atoms with E-state index in [0.29, 0.717) is 22.5 Å². The number of halogens is 1. The van der Waals surface area contributed by atoms with Gasteiger partial charge in [0.2, 0.25) is 0 Å². The standard InChI is InChI=1S/C18H20BrN3O3/c1-24-16-10-14(11-22-20)9-15(19)18(16)25-12-17(23)21-8-7-13-5-3-2-4-6-13/h2-6,9-11H,7-8,12,20H2,1H3,(H,21,23). The quantitative estimate of drug-likeness (QED) is 0.401. The summed E-state index contributed by atoms with van der Waals surface area (Å²) >= 11 is 3.40. The number of hydrogen-bond acceptors (Lipinski definition) is 5. The van der Waals surface area contributed by atoms with Gasteiger partial charge in [0.25, 0.3) is 5.91 Å². The largest absolute Gasteiger partial charge is 0.493 e. The van der Waals surface area contributed by atoms with Crippen LogP contribution < -0.4 is 20.6 Å². The zero-order valence-corrected chi connectivity index (χ0v) is 15.5. The number of amides is 1. The van der Waals surface area contributed by atoms with Crippen molar-refractivity contribution < 1.29 is 14.3 Å². The molecule has 2 aromatic rings. The van der Waals surface area contributed by atoms with Gasteiger partial charge < -0.3 is 20.6 Å². The molecule has 2 aromatic carbocycles. The van der Waals surface area contributed by atoms with Crippen molar-refractivity contribution in [1.82, 2.24) is 5.32 Å². The van der Waals surface area contributed by atoms with Crippen molar-refractivity contribution >= 4 is 28.1 Å². The third kappa shape index (κ3) is 5.79. The van der Waals surface area contributed by atoms with Crippen LogP contribution >= 0.6 is 15.9 Å². The molecule has 25 heavy (non-hydrogen) atoms. The number of rotatable bonds is 8. The SMILES string of the molecule is COc1cc(C=NN)cc(Br)c1OCC(=O)NCCc1ccccc1. The Balaban J connectivity index is 1.88. The van der Waals surface area contributed by atoms with E-state index in [-0.39, 0.29) is 12.5 Å². The first kappa shape index (κ1) is 18.8. The monoisotopic (exact) mass is 405 g/mol. The maximum Gasteiger partial charge on any atom is 0.257 e. The predicted molar refractivity (Wildman–Crippen MR) is 101 cm³/mol. The Kier molecular flexibility index (Phi) is 7.28.